The van der Waals surface area contributed by atoms with Crippen LogP contribution in [0.4, 0.5) is 11.4 Å². The summed E-state index contributed by atoms with van der Waals surface area (Å²) in [6.45, 7) is 3.55. The smallest absolute Gasteiger partial charge is 0.273 e. The summed E-state index contributed by atoms with van der Waals surface area (Å²) in [5, 5.41) is 12.5. The maximum Gasteiger partial charge on any atom is 0.273 e. The lowest BCUT2D eigenvalue weighted by atomic mass is 10.1. The minimum absolute atomic E-state index is 0.162. The largest absolute Gasteiger partial charge is 0.378 e. The van der Waals surface area contributed by atoms with Gasteiger partial charge in [-0.2, -0.15) is 5.10 Å². The molecule has 1 aromatic carbocycles. The molecule has 148 valence electrons. The highest BCUT2D eigenvalue weighted by molar-refractivity contribution is 6.34. The lowest BCUT2D eigenvalue weighted by molar-refractivity contribution is 0.0947. The summed E-state index contributed by atoms with van der Waals surface area (Å²) in [7, 11) is 0. The lowest BCUT2D eigenvalue weighted by Gasteiger charge is -2.29. The molecule has 2 aliphatic rings. The number of carbonyl (C=O) groups is 2. The first-order valence-corrected chi connectivity index (χ1v) is 9.75. The fourth-order valence-electron chi connectivity index (χ4n) is 3.10. The van der Waals surface area contributed by atoms with E-state index >= 15 is 0 Å². The Morgan fingerprint density at radius 1 is 1.25 bits per heavy atom. The number of rotatable bonds is 6. The van der Waals surface area contributed by atoms with Gasteiger partial charge < -0.3 is 20.3 Å². The molecular formula is C19H22ClN5O3. The van der Waals surface area contributed by atoms with E-state index in [-0.39, 0.29) is 11.6 Å². The topological polar surface area (TPSA) is 99.3 Å². The number of nitrogens with zero attached hydrogens (tertiary/aromatic N) is 2. The van der Waals surface area contributed by atoms with E-state index < -0.39 is 5.91 Å². The van der Waals surface area contributed by atoms with E-state index in [0.717, 1.165) is 31.6 Å². The number of aromatic amines is 1. The van der Waals surface area contributed by atoms with E-state index in [4.69, 9.17) is 16.3 Å². The standard InChI is InChI=1S/C19H22ClN5O3/c20-15-9-13(25-5-7-28-8-6-25)3-4-14(15)18(26)23-16-11-22-24-17(16)19(27)21-10-12-1-2-12/h3-4,9,11-12H,1-2,5-8,10H2,(H,21,27)(H,22,24)(H,23,26). The number of aromatic nitrogens is 2. The predicted octanol–water partition coefficient (Wildman–Crippen LogP) is 2.29. The minimum Gasteiger partial charge on any atom is -0.378 e. The molecule has 1 saturated heterocycles. The van der Waals surface area contributed by atoms with Crippen LogP contribution in [0, 0.1) is 5.92 Å². The number of hydrogen-bond acceptors (Lipinski definition) is 5. The number of nitrogens with one attached hydrogen (secondary N) is 3. The van der Waals surface area contributed by atoms with Gasteiger partial charge in [-0.05, 0) is 37.0 Å². The molecule has 0 atom stereocenters. The fourth-order valence-corrected chi connectivity index (χ4v) is 3.36. The molecule has 28 heavy (non-hydrogen) atoms. The molecule has 2 amide bonds. The number of carbonyl (C=O) groups excluding carboxylic acids is 2. The third-order valence-corrected chi connectivity index (χ3v) is 5.24. The number of amides is 2. The van der Waals surface area contributed by atoms with E-state index in [2.05, 4.69) is 25.7 Å². The second-order valence-corrected chi connectivity index (χ2v) is 7.43. The Balaban J connectivity index is 1.43. The van der Waals surface area contributed by atoms with Crippen LogP contribution in [-0.2, 0) is 4.74 Å². The Kier molecular flexibility index (Phi) is 5.50. The van der Waals surface area contributed by atoms with E-state index in [1.165, 1.54) is 6.20 Å². The van der Waals surface area contributed by atoms with Crippen molar-refractivity contribution in [3.05, 3.63) is 40.7 Å². The maximum atomic E-state index is 12.7. The van der Waals surface area contributed by atoms with Gasteiger partial charge in [-0.15, -0.1) is 0 Å². The third-order valence-electron chi connectivity index (χ3n) is 4.93. The molecule has 1 aliphatic heterocycles. The number of anilines is 2. The van der Waals surface area contributed by atoms with Crippen molar-refractivity contribution in [1.29, 1.82) is 0 Å². The summed E-state index contributed by atoms with van der Waals surface area (Å²) in [6.07, 6.45) is 3.77. The van der Waals surface area contributed by atoms with Gasteiger partial charge in [0.1, 0.15) is 0 Å². The molecule has 8 nitrogen and oxygen atoms in total. The van der Waals surface area contributed by atoms with Crippen LogP contribution < -0.4 is 15.5 Å². The van der Waals surface area contributed by atoms with Gasteiger partial charge in [-0.1, -0.05) is 11.6 Å². The van der Waals surface area contributed by atoms with Gasteiger partial charge in [0.05, 0.1) is 29.5 Å². The molecule has 2 aromatic rings. The third kappa shape index (κ3) is 4.28. The van der Waals surface area contributed by atoms with Crippen molar-refractivity contribution >= 4 is 34.8 Å². The molecular weight excluding hydrogens is 382 g/mol. The molecule has 9 heteroatoms. The minimum atomic E-state index is -0.392. The van der Waals surface area contributed by atoms with E-state index in [1.54, 1.807) is 12.1 Å². The first-order chi connectivity index (χ1) is 13.6. The van der Waals surface area contributed by atoms with Crippen LogP contribution in [0.2, 0.25) is 5.02 Å². The zero-order valence-electron chi connectivity index (χ0n) is 15.3. The van der Waals surface area contributed by atoms with Gasteiger partial charge in [0.2, 0.25) is 0 Å². The highest BCUT2D eigenvalue weighted by atomic mass is 35.5. The normalized spacial score (nSPS) is 16.7. The second-order valence-electron chi connectivity index (χ2n) is 7.02. The molecule has 0 spiro atoms. The van der Waals surface area contributed by atoms with Gasteiger partial charge >= 0.3 is 0 Å². The van der Waals surface area contributed by atoms with Gasteiger partial charge in [0.25, 0.3) is 11.8 Å². The van der Waals surface area contributed by atoms with Crippen molar-refractivity contribution in [2.24, 2.45) is 5.92 Å². The average molecular weight is 404 g/mol. The first kappa shape index (κ1) is 18.8. The van der Waals surface area contributed by atoms with Gasteiger partial charge in [-0.25, -0.2) is 0 Å². The number of halogens is 1. The Bertz CT molecular complexity index is 874. The number of morpholine rings is 1. The molecule has 1 aliphatic carbocycles. The highest BCUT2D eigenvalue weighted by Crippen LogP contribution is 2.28. The monoisotopic (exact) mass is 403 g/mol. The Morgan fingerprint density at radius 2 is 2.04 bits per heavy atom. The number of H-pyrrole nitrogens is 1. The molecule has 4 rings (SSSR count). The van der Waals surface area contributed by atoms with Crippen LogP contribution in [0.25, 0.3) is 0 Å². The molecule has 1 aromatic heterocycles. The van der Waals surface area contributed by atoms with Gasteiger partial charge in [-0.3, -0.25) is 14.7 Å². The number of ether oxygens (including phenoxy) is 1. The van der Waals surface area contributed by atoms with Crippen LogP contribution >= 0.6 is 11.6 Å². The Morgan fingerprint density at radius 3 is 2.75 bits per heavy atom. The predicted molar refractivity (Wildman–Crippen MR) is 106 cm³/mol. The van der Waals surface area contributed by atoms with Crippen molar-refractivity contribution in [3.63, 3.8) is 0 Å². The number of hydrogen-bond donors (Lipinski definition) is 3. The molecule has 0 bridgehead atoms. The SMILES string of the molecule is O=C(Nc1c[nH]nc1C(=O)NCC1CC1)c1ccc(N2CCOCC2)cc1Cl. The molecule has 2 fully saturated rings. The molecule has 0 unspecified atom stereocenters. The summed E-state index contributed by atoms with van der Waals surface area (Å²) in [5.74, 6) is -0.141. The van der Waals surface area contributed by atoms with Crippen LogP contribution in [0.5, 0.6) is 0 Å². The summed E-state index contributed by atoms with van der Waals surface area (Å²) >= 11 is 6.36. The summed E-state index contributed by atoms with van der Waals surface area (Å²) < 4.78 is 5.36. The van der Waals surface area contributed by atoms with Crippen LogP contribution in [0.15, 0.2) is 24.4 Å². The summed E-state index contributed by atoms with van der Waals surface area (Å²) in [4.78, 5) is 27.1. The van der Waals surface area contributed by atoms with E-state index in [0.29, 0.717) is 41.9 Å². The van der Waals surface area contributed by atoms with Crippen molar-refractivity contribution in [3.8, 4) is 0 Å². The zero-order chi connectivity index (χ0) is 19.5. The Hall–Kier alpha value is -2.58. The lowest BCUT2D eigenvalue weighted by Crippen LogP contribution is -2.36. The highest BCUT2D eigenvalue weighted by Gasteiger charge is 2.24. The maximum absolute atomic E-state index is 12.7. The molecule has 3 N–H and O–H groups in total. The zero-order valence-corrected chi connectivity index (χ0v) is 16.1. The Labute approximate surface area is 167 Å². The second kappa shape index (κ2) is 8.20. The van der Waals surface area contributed by atoms with Crippen molar-refractivity contribution in [2.45, 2.75) is 12.8 Å². The quantitative estimate of drug-likeness (QED) is 0.687. The van der Waals surface area contributed by atoms with Crippen LogP contribution in [-0.4, -0.2) is 54.9 Å². The van der Waals surface area contributed by atoms with Crippen molar-refractivity contribution in [1.82, 2.24) is 15.5 Å². The van der Waals surface area contributed by atoms with E-state index in [1.807, 2.05) is 6.07 Å². The van der Waals surface area contributed by atoms with Crippen LogP contribution in [0.1, 0.15) is 33.7 Å². The summed E-state index contributed by atoms with van der Waals surface area (Å²) in [6, 6.07) is 5.33. The van der Waals surface area contributed by atoms with Gasteiger partial charge in [0, 0.05) is 31.5 Å². The fraction of sp³-hybridized carbons (Fsp3) is 0.421. The first-order valence-electron chi connectivity index (χ1n) is 9.37. The molecule has 1 saturated carbocycles. The molecule has 0 radical (unpaired) electrons. The molecule has 2 heterocycles. The van der Waals surface area contributed by atoms with E-state index in [9.17, 15) is 9.59 Å². The van der Waals surface area contributed by atoms with Crippen LogP contribution in [0.3, 0.4) is 0 Å². The van der Waals surface area contributed by atoms with Gasteiger partial charge in [0.15, 0.2) is 5.69 Å². The number of benzene rings is 1. The average Bonchev–Trinajstić information content (AvgIpc) is 3.43. The summed E-state index contributed by atoms with van der Waals surface area (Å²) in [5.41, 5.74) is 1.78. The van der Waals surface area contributed by atoms with Crippen molar-refractivity contribution < 1.29 is 14.3 Å². The van der Waals surface area contributed by atoms with Crippen molar-refractivity contribution in [2.75, 3.05) is 43.1 Å².